The van der Waals surface area contributed by atoms with Crippen molar-refractivity contribution in [3.8, 4) is 5.69 Å². The zero-order valence-electron chi connectivity index (χ0n) is 19.3. The largest absolute Gasteiger partial charge is 0.408 e. The number of hydrogen-bond acceptors (Lipinski definition) is 4. The molecule has 12 heteroatoms. The molecule has 2 aromatic heterocycles. The number of nitrogens with one attached hydrogen (secondary N) is 1. The first-order valence-electron chi connectivity index (χ1n) is 11.1. The Bertz CT molecular complexity index is 1390. The Hall–Kier alpha value is -3.57. The summed E-state index contributed by atoms with van der Waals surface area (Å²) in [5.74, 6) is -2.97. The molecule has 0 saturated carbocycles. The molecule has 6 nitrogen and oxygen atoms in total. The number of halogens is 6. The average Bonchev–Trinajstić information content (AvgIpc) is 3.16. The second kappa shape index (κ2) is 9.14. The molecular formula is C24H22F6N4O2. The highest BCUT2D eigenvalue weighted by Crippen LogP contribution is 2.30. The molecule has 1 unspecified atom stereocenters. The number of fused-ring (bicyclic) bond motifs is 1. The highest BCUT2D eigenvalue weighted by atomic mass is 19.4. The van der Waals surface area contributed by atoms with Crippen LogP contribution in [0.5, 0.6) is 0 Å². The van der Waals surface area contributed by atoms with Crippen LogP contribution in [0.3, 0.4) is 0 Å². The van der Waals surface area contributed by atoms with Gasteiger partial charge in [-0.2, -0.15) is 13.2 Å². The number of rotatable bonds is 5. The maximum atomic E-state index is 14.7. The van der Waals surface area contributed by atoms with Crippen LogP contribution >= 0.6 is 0 Å². The lowest BCUT2D eigenvalue weighted by molar-refractivity contribution is -0.153. The fraction of sp³-hybridized carbons (Fsp3) is 0.375. The number of pyridine rings is 2. The van der Waals surface area contributed by atoms with Crippen molar-refractivity contribution in [3.05, 3.63) is 63.9 Å². The lowest BCUT2D eigenvalue weighted by Gasteiger charge is -2.21. The van der Waals surface area contributed by atoms with E-state index in [-0.39, 0.29) is 35.5 Å². The summed E-state index contributed by atoms with van der Waals surface area (Å²) in [7, 11) is 0. The molecule has 1 N–H and O–H groups in total. The number of anilines is 1. The van der Waals surface area contributed by atoms with E-state index in [0.717, 1.165) is 22.9 Å². The predicted molar refractivity (Wildman–Crippen MR) is 121 cm³/mol. The normalized spacial score (nSPS) is 19.1. The van der Waals surface area contributed by atoms with Gasteiger partial charge >= 0.3 is 6.18 Å². The topological polar surface area (TPSA) is 67.2 Å². The van der Waals surface area contributed by atoms with Crippen molar-refractivity contribution in [2.45, 2.75) is 44.6 Å². The highest BCUT2D eigenvalue weighted by Gasteiger charge is 2.40. The molecule has 1 aliphatic rings. The van der Waals surface area contributed by atoms with Crippen LogP contribution in [0, 0.1) is 11.6 Å². The van der Waals surface area contributed by atoms with Crippen molar-refractivity contribution < 1.29 is 31.1 Å². The van der Waals surface area contributed by atoms with Gasteiger partial charge in [0.15, 0.2) is 5.65 Å². The van der Waals surface area contributed by atoms with E-state index in [2.05, 4.69) is 4.98 Å². The SMILES string of the molecule is CC[C@@H](NC(=O)c1cn(-c2ccc(F)cc2F)c2nc(N3CCC(C)(F)C3)ccc2c1=O)C(F)(F)F. The van der Waals surface area contributed by atoms with Crippen molar-refractivity contribution >= 4 is 22.8 Å². The van der Waals surface area contributed by atoms with Gasteiger partial charge in [-0.25, -0.2) is 18.2 Å². The minimum Gasteiger partial charge on any atom is -0.353 e. The van der Waals surface area contributed by atoms with Crippen molar-refractivity contribution in [1.82, 2.24) is 14.9 Å². The summed E-state index contributed by atoms with van der Waals surface area (Å²) in [4.78, 5) is 31.9. The number of benzene rings is 1. The quantitative estimate of drug-likeness (QED) is 0.505. The molecule has 2 atom stereocenters. The summed E-state index contributed by atoms with van der Waals surface area (Å²) in [6.45, 7) is 3.01. The van der Waals surface area contributed by atoms with E-state index in [0.29, 0.717) is 12.6 Å². The summed E-state index contributed by atoms with van der Waals surface area (Å²) in [5, 5.41) is 1.61. The van der Waals surface area contributed by atoms with Crippen molar-refractivity contribution in [2.24, 2.45) is 0 Å². The van der Waals surface area contributed by atoms with Gasteiger partial charge in [-0.15, -0.1) is 0 Å². The third-order valence-corrected chi connectivity index (χ3v) is 6.11. The molecule has 192 valence electrons. The monoisotopic (exact) mass is 512 g/mol. The molecular weight excluding hydrogens is 490 g/mol. The van der Waals surface area contributed by atoms with Gasteiger partial charge < -0.3 is 10.2 Å². The van der Waals surface area contributed by atoms with E-state index < -0.39 is 52.8 Å². The average molecular weight is 512 g/mol. The van der Waals surface area contributed by atoms with Gasteiger partial charge in [-0.05, 0) is 37.6 Å². The zero-order valence-corrected chi connectivity index (χ0v) is 19.3. The molecule has 0 radical (unpaired) electrons. The van der Waals surface area contributed by atoms with Gasteiger partial charge in [-0.3, -0.25) is 14.2 Å². The Morgan fingerprint density at radius 3 is 2.53 bits per heavy atom. The van der Waals surface area contributed by atoms with Crippen LogP contribution < -0.4 is 15.6 Å². The second-order valence-electron chi connectivity index (χ2n) is 8.94. The van der Waals surface area contributed by atoms with Crippen molar-refractivity contribution in [3.63, 3.8) is 0 Å². The van der Waals surface area contributed by atoms with Crippen LogP contribution in [-0.2, 0) is 0 Å². The van der Waals surface area contributed by atoms with Gasteiger partial charge in [0.1, 0.15) is 34.7 Å². The molecule has 1 amide bonds. The van der Waals surface area contributed by atoms with Crippen LogP contribution in [0.1, 0.15) is 37.0 Å². The summed E-state index contributed by atoms with van der Waals surface area (Å²) in [5.41, 5.74) is -3.49. The summed E-state index contributed by atoms with van der Waals surface area (Å²) < 4.78 is 83.3. The van der Waals surface area contributed by atoms with Crippen molar-refractivity contribution in [1.29, 1.82) is 0 Å². The molecule has 0 aliphatic carbocycles. The van der Waals surface area contributed by atoms with Gasteiger partial charge in [0.05, 0.1) is 17.6 Å². The van der Waals surface area contributed by atoms with E-state index in [9.17, 15) is 35.9 Å². The first-order valence-corrected chi connectivity index (χ1v) is 11.1. The van der Waals surface area contributed by atoms with E-state index >= 15 is 0 Å². The Morgan fingerprint density at radius 1 is 1.22 bits per heavy atom. The lowest BCUT2D eigenvalue weighted by Crippen LogP contribution is -2.46. The molecule has 1 aromatic carbocycles. The molecule has 0 bridgehead atoms. The van der Waals surface area contributed by atoms with Crippen molar-refractivity contribution in [2.75, 3.05) is 18.0 Å². The first-order chi connectivity index (χ1) is 16.8. The van der Waals surface area contributed by atoms with Crippen LogP contribution in [0.25, 0.3) is 16.7 Å². The number of aromatic nitrogens is 2. The molecule has 1 fully saturated rings. The van der Waals surface area contributed by atoms with Gasteiger partial charge in [0, 0.05) is 25.2 Å². The van der Waals surface area contributed by atoms with E-state index in [1.165, 1.54) is 26.0 Å². The van der Waals surface area contributed by atoms with Gasteiger partial charge in [-0.1, -0.05) is 6.92 Å². The molecule has 4 rings (SSSR count). The van der Waals surface area contributed by atoms with E-state index in [1.807, 2.05) is 0 Å². The third kappa shape index (κ3) is 4.89. The maximum absolute atomic E-state index is 14.7. The minimum absolute atomic E-state index is 0.0248. The first kappa shape index (κ1) is 25.5. The number of hydrogen-bond donors (Lipinski definition) is 1. The Balaban J connectivity index is 1.90. The zero-order chi connectivity index (χ0) is 26.4. The van der Waals surface area contributed by atoms with Gasteiger partial charge in [0.25, 0.3) is 5.91 Å². The molecule has 1 saturated heterocycles. The van der Waals surface area contributed by atoms with Gasteiger partial charge in [0.2, 0.25) is 5.43 Å². The molecule has 36 heavy (non-hydrogen) atoms. The number of amides is 1. The summed E-state index contributed by atoms with van der Waals surface area (Å²) in [6.07, 6.45) is -4.11. The van der Waals surface area contributed by atoms with Crippen LogP contribution in [-0.4, -0.2) is 46.4 Å². The fourth-order valence-corrected chi connectivity index (χ4v) is 4.16. The maximum Gasteiger partial charge on any atom is 0.408 e. The number of carbonyl (C=O) groups is 1. The third-order valence-electron chi connectivity index (χ3n) is 6.11. The molecule has 0 spiro atoms. The minimum atomic E-state index is -4.75. The van der Waals surface area contributed by atoms with Crippen LogP contribution in [0.4, 0.5) is 32.2 Å². The van der Waals surface area contributed by atoms with Crippen LogP contribution in [0.2, 0.25) is 0 Å². The summed E-state index contributed by atoms with van der Waals surface area (Å²) in [6, 6.07) is 3.07. The Kier molecular flexibility index (Phi) is 6.48. The lowest BCUT2D eigenvalue weighted by atomic mass is 10.1. The number of nitrogens with zero attached hydrogens (tertiary/aromatic N) is 3. The second-order valence-corrected chi connectivity index (χ2v) is 8.94. The number of alkyl halides is 4. The molecule has 1 aliphatic heterocycles. The van der Waals surface area contributed by atoms with E-state index in [1.54, 1.807) is 10.2 Å². The smallest absolute Gasteiger partial charge is 0.353 e. The van der Waals surface area contributed by atoms with E-state index in [4.69, 9.17) is 0 Å². The number of carbonyl (C=O) groups excluding carboxylic acids is 1. The highest BCUT2D eigenvalue weighted by molar-refractivity contribution is 5.97. The predicted octanol–water partition coefficient (Wildman–Crippen LogP) is 4.67. The molecule has 3 heterocycles. The Morgan fingerprint density at radius 2 is 1.94 bits per heavy atom. The molecule has 3 aromatic rings. The standard InChI is InChI=1S/C24H22F6N4O2/c1-3-18(24(28,29)30)31-22(36)15-11-34(17-6-4-13(25)10-16(17)26)21-14(20(15)35)5-7-19(32-21)33-9-8-23(2,27)12-33/h4-7,10-11,18H,3,8-9,12H2,1-2H3,(H,31,36)/t18-,23?/m1/s1. The van der Waals surface area contributed by atoms with Crippen LogP contribution in [0.15, 0.2) is 41.3 Å². The Labute approximate surface area is 201 Å². The fourth-order valence-electron chi connectivity index (χ4n) is 4.16. The summed E-state index contributed by atoms with van der Waals surface area (Å²) >= 11 is 0.